The molecule has 0 aromatic carbocycles. The number of hydrogen-bond donors (Lipinski definition) is 2. The zero-order valence-corrected chi connectivity index (χ0v) is 7.08. The van der Waals surface area contributed by atoms with Gasteiger partial charge in [-0.3, -0.25) is 4.79 Å². The Bertz CT molecular complexity index is 104. The Morgan fingerprint density at radius 3 is 2.18 bits per heavy atom. The van der Waals surface area contributed by atoms with Gasteiger partial charge in [0.1, 0.15) is 0 Å². The first-order chi connectivity index (χ1) is 5.15. The molecular weight excluding hydrogens is 144 g/mol. The molecule has 0 radical (unpaired) electrons. The van der Waals surface area contributed by atoms with Gasteiger partial charge in [-0.1, -0.05) is 25.5 Å². The molecule has 0 saturated carbocycles. The highest BCUT2D eigenvalue weighted by Gasteiger charge is 1.68. The van der Waals surface area contributed by atoms with Crippen molar-refractivity contribution >= 4 is 5.97 Å². The Balaban J connectivity index is 0. The number of rotatable bonds is 3. The molecular formula is C8H16O3. The van der Waals surface area contributed by atoms with Gasteiger partial charge in [-0.25, -0.2) is 0 Å². The fraction of sp³-hybridized carbons (Fsp3) is 0.625. The van der Waals surface area contributed by atoms with Crippen molar-refractivity contribution in [2.45, 2.75) is 26.7 Å². The average molecular weight is 160 g/mol. The van der Waals surface area contributed by atoms with Crippen LogP contribution in [0.1, 0.15) is 26.7 Å². The molecule has 0 saturated heterocycles. The molecule has 0 aliphatic heterocycles. The Morgan fingerprint density at radius 2 is 1.91 bits per heavy atom. The number of aliphatic hydroxyl groups is 1. The number of hydrogen-bond acceptors (Lipinski definition) is 2. The molecule has 3 heteroatoms. The van der Waals surface area contributed by atoms with E-state index in [-0.39, 0.29) is 6.61 Å². The molecule has 2 N–H and O–H groups in total. The third kappa shape index (κ3) is 46.9. The third-order valence-corrected chi connectivity index (χ3v) is 0.727. The zero-order valence-electron chi connectivity index (χ0n) is 7.08. The van der Waals surface area contributed by atoms with Crippen molar-refractivity contribution in [2.75, 3.05) is 6.61 Å². The second-order valence-corrected chi connectivity index (χ2v) is 1.96. The molecule has 0 heterocycles. The first kappa shape index (κ1) is 12.8. The lowest BCUT2D eigenvalue weighted by Gasteiger charge is -1.79. The van der Waals surface area contributed by atoms with Crippen LogP contribution in [-0.4, -0.2) is 22.8 Å². The van der Waals surface area contributed by atoms with Crippen LogP contribution in [0.15, 0.2) is 12.2 Å². The normalized spacial score (nSPS) is 9.00. The van der Waals surface area contributed by atoms with E-state index in [1.165, 1.54) is 0 Å². The Hall–Kier alpha value is -0.830. The molecule has 0 unspecified atom stereocenters. The average Bonchev–Trinajstić information content (AvgIpc) is 1.88. The van der Waals surface area contributed by atoms with Crippen LogP contribution in [0, 0.1) is 0 Å². The summed E-state index contributed by atoms with van der Waals surface area (Å²) in [5.41, 5.74) is 0. The highest BCUT2D eigenvalue weighted by molar-refractivity contribution is 5.62. The molecule has 0 aliphatic carbocycles. The van der Waals surface area contributed by atoms with E-state index in [9.17, 15) is 0 Å². The molecule has 66 valence electrons. The van der Waals surface area contributed by atoms with Crippen LogP contribution in [0.5, 0.6) is 0 Å². The van der Waals surface area contributed by atoms with Crippen molar-refractivity contribution in [3.05, 3.63) is 12.2 Å². The van der Waals surface area contributed by atoms with Crippen LogP contribution in [0.4, 0.5) is 0 Å². The van der Waals surface area contributed by atoms with Gasteiger partial charge in [0.2, 0.25) is 0 Å². The summed E-state index contributed by atoms with van der Waals surface area (Å²) in [7, 11) is 0. The Labute approximate surface area is 67.4 Å². The summed E-state index contributed by atoms with van der Waals surface area (Å²) in [5, 5.41) is 15.6. The predicted molar refractivity (Wildman–Crippen MR) is 44.4 cm³/mol. The largest absolute Gasteiger partial charge is 0.481 e. The summed E-state index contributed by atoms with van der Waals surface area (Å²) in [6.45, 7) is 3.38. The third-order valence-electron chi connectivity index (χ3n) is 0.727. The van der Waals surface area contributed by atoms with Crippen molar-refractivity contribution < 1.29 is 15.0 Å². The maximum Gasteiger partial charge on any atom is 0.300 e. The summed E-state index contributed by atoms with van der Waals surface area (Å²) in [4.78, 5) is 9.00. The van der Waals surface area contributed by atoms with E-state index >= 15 is 0 Å². The molecule has 3 nitrogen and oxygen atoms in total. The summed E-state index contributed by atoms with van der Waals surface area (Å²) in [6, 6.07) is 0. The zero-order chi connectivity index (χ0) is 9.11. The highest BCUT2D eigenvalue weighted by Crippen LogP contribution is 1.85. The quantitative estimate of drug-likeness (QED) is 0.614. The SMILES string of the molecule is CC(=O)O.CCCC=CCO. The van der Waals surface area contributed by atoms with E-state index in [1.54, 1.807) is 6.08 Å². The molecule has 0 bridgehead atoms. The van der Waals surface area contributed by atoms with Crippen molar-refractivity contribution in [1.82, 2.24) is 0 Å². The Kier molecular flexibility index (Phi) is 13.9. The first-order valence-corrected chi connectivity index (χ1v) is 3.60. The van der Waals surface area contributed by atoms with Crippen LogP contribution in [0.25, 0.3) is 0 Å². The number of allylic oxidation sites excluding steroid dienone is 1. The fourth-order valence-electron chi connectivity index (χ4n) is 0.359. The van der Waals surface area contributed by atoms with E-state index in [1.807, 2.05) is 6.08 Å². The van der Waals surface area contributed by atoms with Gasteiger partial charge < -0.3 is 10.2 Å². The number of carboxylic acid groups (broad SMARTS) is 1. The molecule has 11 heavy (non-hydrogen) atoms. The minimum Gasteiger partial charge on any atom is -0.481 e. The van der Waals surface area contributed by atoms with Crippen molar-refractivity contribution in [3.8, 4) is 0 Å². The van der Waals surface area contributed by atoms with Gasteiger partial charge >= 0.3 is 0 Å². The van der Waals surface area contributed by atoms with Crippen LogP contribution in [0.3, 0.4) is 0 Å². The van der Waals surface area contributed by atoms with E-state index < -0.39 is 5.97 Å². The minimum absolute atomic E-state index is 0.181. The summed E-state index contributed by atoms with van der Waals surface area (Å²) in [5.74, 6) is -0.833. The molecule has 0 aromatic rings. The molecule has 0 fully saturated rings. The van der Waals surface area contributed by atoms with Gasteiger partial charge in [0.15, 0.2) is 0 Å². The molecule has 0 spiro atoms. The molecule has 0 aliphatic rings. The van der Waals surface area contributed by atoms with Gasteiger partial charge in [0, 0.05) is 6.92 Å². The lowest BCUT2D eigenvalue weighted by Crippen LogP contribution is -1.78. The second-order valence-electron chi connectivity index (χ2n) is 1.96. The van der Waals surface area contributed by atoms with Crippen LogP contribution in [-0.2, 0) is 4.79 Å². The standard InChI is InChI=1S/C6H12O.C2H4O2/c1-2-3-4-5-6-7;1-2(3)4/h4-5,7H,2-3,6H2,1H3;1H3,(H,3,4). The number of aliphatic hydroxyl groups excluding tert-OH is 1. The van der Waals surface area contributed by atoms with Gasteiger partial charge in [0.05, 0.1) is 6.61 Å². The first-order valence-electron chi connectivity index (χ1n) is 3.60. The predicted octanol–water partition coefficient (Wildman–Crippen LogP) is 1.43. The summed E-state index contributed by atoms with van der Waals surface area (Å²) >= 11 is 0. The lowest BCUT2D eigenvalue weighted by molar-refractivity contribution is -0.134. The maximum atomic E-state index is 9.00. The minimum atomic E-state index is -0.833. The topological polar surface area (TPSA) is 57.5 Å². The van der Waals surface area contributed by atoms with E-state index in [4.69, 9.17) is 15.0 Å². The maximum absolute atomic E-state index is 9.00. The highest BCUT2D eigenvalue weighted by atomic mass is 16.4. The van der Waals surface area contributed by atoms with E-state index in [0.29, 0.717) is 0 Å². The van der Waals surface area contributed by atoms with Crippen LogP contribution >= 0.6 is 0 Å². The molecule has 0 aromatic heterocycles. The summed E-state index contributed by atoms with van der Waals surface area (Å²) < 4.78 is 0. The fourth-order valence-corrected chi connectivity index (χ4v) is 0.359. The van der Waals surface area contributed by atoms with Crippen molar-refractivity contribution in [2.24, 2.45) is 0 Å². The Morgan fingerprint density at radius 1 is 1.45 bits per heavy atom. The van der Waals surface area contributed by atoms with E-state index in [0.717, 1.165) is 19.8 Å². The van der Waals surface area contributed by atoms with E-state index in [2.05, 4.69) is 6.92 Å². The summed E-state index contributed by atoms with van der Waals surface area (Å²) in [6.07, 6.45) is 6.00. The van der Waals surface area contributed by atoms with Gasteiger partial charge in [-0.2, -0.15) is 0 Å². The van der Waals surface area contributed by atoms with Gasteiger partial charge in [-0.05, 0) is 6.42 Å². The monoisotopic (exact) mass is 160 g/mol. The van der Waals surface area contributed by atoms with Gasteiger partial charge in [-0.15, -0.1) is 0 Å². The van der Waals surface area contributed by atoms with Gasteiger partial charge in [0.25, 0.3) is 5.97 Å². The smallest absolute Gasteiger partial charge is 0.300 e. The number of carboxylic acids is 1. The van der Waals surface area contributed by atoms with Crippen molar-refractivity contribution in [3.63, 3.8) is 0 Å². The molecule has 0 rings (SSSR count). The van der Waals surface area contributed by atoms with Crippen molar-refractivity contribution in [1.29, 1.82) is 0 Å². The van der Waals surface area contributed by atoms with Crippen LogP contribution in [0.2, 0.25) is 0 Å². The molecule has 0 amide bonds. The number of carbonyl (C=O) groups is 1. The number of aliphatic carboxylic acids is 1. The van der Waals surface area contributed by atoms with Crippen LogP contribution < -0.4 is 0 Å². The molecule has 0 atom stereocenters. The number of unbranched alkanes of at least 4 members (excludes halogenated alkanes) is 1. The lowest BCUT2D eigenvalue weighted by atomic mass is 10.3. The second kappa shape index (κ2) is 11.9.